The van der Waals surface area contributed by atoms with Gasteiger partial charge in [-0.3, -0.25) is 9.80 Å². The molecule has 2 fully saturated rings. The van der Waals surface area contributed by atoms with Crippen LogP contribution in [0.2, 0.25) is 15.1 Å². The van der Waals surface area contributed by atoms with Crippen molar-refractivity contribution < 1.29 is 0 Å². The molecular weight excluding hydrogens is 887 g/mol. The summed E-state index contributed by atoms with van der Waals surface area (Å²) < 4.78 is 0. The summed E-state index contributed by atoms with van der Waals surface area (Å²) >= 11 is 18.6. The van der Waals surface area contributed by atoms with Crippen LogP contribution in [0.3, 0.4) is 0 Å². The second-order valence-corrected chi connectivity index (χ2v) is 19.0. The average molecular weight is 949 g/mol. The van der Waals surface area contributed by atoms with Gasteiger partial charge < -0.3 is 10.2 Å². The summed E-state index contributed by atoms with van der Waals surface area (Å²) in [6, 6.07) is 59.9. The van der Waals surface area contributed by atoms with Gasteiger partial charge in [-0.25, -0.2) is 9.97 Å². The number of fused-ring (bicyclic) bond motifs is 2. The van der Waals surface area contributed by atoms with Gasteiger partial charge >= 0.3 is 0 Å². The van der Waals surface area contributed by atoms with Gasteiger partial charge in [0.25, 0.3) is 0 Å². The fourth-order valence-electron chi connectivity index (χ4n) is 9.46. The van der Waals surface area contributed by atoms with E-state index in [9.17, 15) is 0 Å². The topological polar surface area (TPSA) is 47.5 Å². The first kappa shape index (κ1) is 48.2. The molecule has 344 valence electrons. The minimum Gasteiger partial charge on any atom is -0.371 e. The third kappa shape index (κ3) is 12.2. The zero-order valence-corrected chi connectivity index (χ0v) is 41.3. The van der Waals surface area contributed by atoms with Crippen LogP contribution >= 0.6 is 34.8 Å². The fraction of sp³-hybridized carbons (Fsp3) is 0.276. The van der Waals surface area contributed by atoms with Crippen LogP contribution in [0.5, 0.6) is 0 Å². The number of piperidine rings is 2. The minimum atomic E-state index is 0.450. The van der Waals surface area contributed by atoms with E-state index in [2.05, 4.69) is 150 Å². The van der Waals surface area contributed by atoms with Gasteiger partial charge in [0.15, 0.2) is 0 Å². The highest BCUT2D eigenvalue weighted by molar-refractivity contribution is 6.36. The van der Waals surface area contributed by atoms with Gasteiger partial charge in [0.1, 0.15) is 0 Å². The van der Waals surface area contributed by atoms with Gasteiger partial charge in [0.05, 0.1) is 27.4 Å². The summed E-state index contributed by atoms with van der Waals surface area (Å²) in [6.45, 7) is 9.26. The molecule has 6 aromatic carbocycles. The van der Waals surface area contributed by atoms with Crippen molar-refractivity contribution in [2.24, 2.45) is 0 Å². The van der Waals surface area contributed by atoms with Crippen LogP contribution in [0.25, 0.3) is 44.3 Å². The molecule has 6 nitrogen and oxygen atoms in total. The van der Waals surface area contributed by atoms with Crippen LogP contribution in [-0.4, -0.2) is 72.1 Å². The normalized spacial score (nSPS) is 15.8. The number of aromatic nitrogens is 2. The molecule has 2 saturated heterocycles. The van der Waals surface area contributed by atoms with Crippen LogP contribution in [0, 0.1) is 0 Å². The molecule has 0 amide bonds. The molecule has 2 aliphatic heterocycles. The van der Waals surface area contributed by atoms with E-state index in [0.717, 1.165) is 81.3 Å². The quantitative estimate of drug-likeness (QED) is 0.156. The highest BCUT2D eigenvalue weighted by Crippen LogP contribution is 2.36. The van der Waals surface area contributed by atoms with Crippen LogP contribution in [0.4, 0.5) is 5.69 Å². The lowest BCUT2D eigenvalue weighted by Crippen LogP contribution is -2.44. The lowest BCUT2D eigenvalue weighted by atomic mass is 9.98. The number of nitrogens with zero attached hydrogens (tertiary/aromatic N) is 5. The summed E-state index contributed by atoms with van der Waals surface area (Å²) in [5, 5.41) is 7.52. The maximum Gasteiger partial charge on any atom is 0.0745 e. The number of anilines is 1. The molecule has 0 aliphatic carbocycles. The molecule has 9 heteroatoms. The number of hydrogen-bond donors (Lipinski definition) is 1. The number of halogens is 3. The van der Waals surface area contributed by atoms with E-state index >= 15 is 0 Å². The largest absolute Gasteiger partial charge is 0.371 e. The van der Waals surface area contributed by atoms with Crippen molar-refractivity contribution in [3.63, 3.8) is 0 Å². The Kier molecular flexibility index (Phi) is 16.6. The van der Waals surface area contributed by atoms with Crippen LogP contribution in [-0.2, 0) is 0 Å². The molecule has 2 aliphatic rings. The highest BCUT2D eigenvalue weighted by Gasteiger charge is 2.27. The second kappa shape index (κ2) is 23.1. The number of rotatable bonds is 9. The maximum absolute atomic E-state index is 6.33. The van der Waals surface area contributed by atoms with Crippen LogP contribution < -0.4 is 10.2 Å². The molecule has 4 heterocycles. The van der Waals surface area contributed by atoms with E-state index in [-0.39, 0.29) is 0 Å². The van der Waals surface area contributed by atoms with Crippen LogP contribution in [0.1, 0.15) is 62.7 Å². The Morgan fingerprint density at radius 3 is 1.42 bits per heavy atom. The molecule has 0 bridgehead atoms. The number of pyridine rings is 2. The lowest BCUT2D eigenvalue weighted by molar-refractivity contribution is 0.155. The summed E-state index contributed by atoms with van der Waals surface area (Å²) in [4.78, 5) is 17.2. The molecule has 8 aromatic rings. The Morgan fingerprint density at radius 2 is 0.940 bits per heavy atom. The first-order valence-corrected chi connectivity index (χ1v) is 24.7. The standard InChI is InChI=1S/C29H30ClN3.C15H9Cl2N.C14H22N2/c1-21(22-9-5-3-6-10-22)33-17-15-25(16-18-33)32(2)29-20-27(23-11-7-4-8-12-23)31-28-19-24(30)13-14-26(28)29;16-11-6-7-12-13(17)9-14(18-15(12)8-11)10-4-2-1-3-5-10;1-12(13-6-4-3-5-7-13)16-10-8-14(15-2)9-11-16/h3-14,19-21,25H,15-18H2,1-2H3;1-9H;3-7,12,14-15H,8-11H2,1-2H3. The number of hydrogen-bond acceptors (Lipinski definition) is 6. The van der Waals surface area contributed by atoms with E-state index in [1.807, 2.05) is 72.8 Å². The van der Waals surface area contributed by atoms with E-state index in [0.29, 0.717) is 28.2 Å². The fourth-order valence-corrected chi connectivity index (χ4v) is 10.1. The van der Waals surface area contributed by atoms with Crippen molar-refractivity contribution in [3.05, 3.63) is 196 Å². The molecule has 0 spiro atoms. The smallest absolute Gasteiger partial charge is 0.0745 e. The Labute approximate surface area is 412 Å². The van der Waals surface area contributed by atoms with Crippen molar-refractivity contribution in [2.75, 3.05) is 45.2 Å². The number of nitrogens with one attached hydrogen (secondary N) is 1. The van der Waals surface area contributed by atoms with E-state index in [1.165, 1.54) is 42.7 Å². The molecule has 2 aromatic heterocycles. The maximum atomic E-state index is 6.33. The molecular formula is C58H61Cl3N6. The van der Waals surface area contributed by atoms with Gasteiger partial charge in [-0.2, -0.15) is 0 Å². The van der Waals surface area contributed by atoms with Crippen molar-refractivity contribution >= 4 is 62.3 Å². The molecule has 10 rings (SSSR count). The van der Waals surface area contributed by atoms with Crippen molar-refractivity contribution in [2.45, 2.75) is 63.7 Å². The molecule has 0 radical (unpaired) electrons. The first-order chi connectivity index (χ1) is 32.6. The molecule has 1 N–H and O–H groups in total. The van der Waals surface area contributed by atoms with E-state index < -0.39 is 0 Å². The highest BCUT2D eigenvalue weighted by atomic mass is 35.5. The van der Waals surface area contributed by atoms with Gasteiger partial charge in [-0.1, -0.05) is 156 Å². The monoisotopic (exact) mass is 946 g/mol. The predicted molar refractivity (Wildman–Crippen MR) is 286 cm³/mol. The minimum absolute atomic E-state index is 0.450. The zero-order valence-electron chi connectivity index (χ0n) is 39.0. The van der Waals surface area contributed by atoms with Crippen molar-refractivity contribution in [1.29, 1.82) is 0 Å². The summed E-state index contributed by atoms with van der Waals surface area (Å²) in [7, 11) is 4.31. The number of likely N-dealkylation sites (tertiary alicyclic amines) is 2. The second-order valence-electron chi connectivity index (χ2n) is 17.7. The van der Waals surface area contributed by atoms with E-state index in [1.54, 1.807) is 0 Å². The van der Waals surface area contributed by atoms with Crippen LogP contribution in [0.15, 0.2) is 170 Å². The Hall–Kier alpha value is -5.31. The van der Waals surface area contributed by atoms with E-state index in [4.69, 9.17) is 39.8 Å². The third-order valence-electron chi connectivity index (χ3n) is 13.6. The molecule has 0 saturated carbocycles. The predicted octanol–water partition coefficient (Wildman–Crippen LogP) is 14.9. The Balaban J connectivity index is 0.000000150. The molecule has 2 atom stereocenters. The van der Waals surface area contributed by atoms with Gasteiger partial charge in [0, 0.05) is 95.0 Å². The molecule has 2 unspecified atom stereocenters. The first-order valence-electron chi connectivity index (χ1n) is 23.6. The SMILES string of the molecule is CC(c1ccccc1)N1CCC(N(C)c2cc(-c3ccccc3)nc3cc(Cl)ccc23)CC1.CNC1CCN(C(C)c2ccccc2)CC1.Clc1ccc2c(Cl)cc(-c3ccccc3)nc2c1. The van der Waals surface area contributed by atoms with Gasteiger partial charge in [-0.15, -0.1) is 0 Å². The Morgan fingerprint density at radius 1 is 0.522 bits per heavy atom. The lowest BCUT2D eigenvalue weighted by Gasteiger charge is -2.40. The summed E-state index contributed by atoms with van der Waals surface area (Å²) in [6.07, 6.45) is 4.83. The molecule has 67 heavy (non-hydrogen) atoms. The third-order valence-corrected chi connectivity index (χ3v) is 14.4. The van der Waals surface area contributed by atoms with Crippen molar-refractivity contribution in [1.82, 2.24) is 25.1 Å². The average Bonchev–Trinajstić information content (AvgIpc) is 3.39. The summed E-state index contributed by atoms with van der Waals surface area (Å²) in [5.41, 5.74) is 9.83. The zero-order chi connectivity index (χ0) is 46.7. The van der Waals surface area contributed by atoms with Crippen molar-refractivity contribution in [3.8, 4) is 22.5 Å². The Bertz CT molecular complexity index is 2800. The van der Waals surface area contributed by atoms with Gasteiger partial charge in [0.2, 0.25) is 0 Å². The number of benzene rings is 6. The summed E-state index contributed by atoms with van der Waals surface area (Å²) in [5.74, 6) is 0. The van der Waals surface area contributed by atoms with Gasteiger partial charge in [-0.05, 0) is 106 Å².